The van der Waals surface area contributed by atoms with Gasteiger partial charge in [0.1, 0.15) is 0 Å². The number of ether oxygens (including phenoxy) is 1. The van der Waals surface area contributed by atoms with Crippen molar-refractivity contribution < 1.29 is 22.7 Å². The maximum absolute atomic E-state index is 12.9. The zero-order valence-corrected chi connectivity index (χ0v) is 18.2. The minimum atomic E-state index is -3.69. The summed E-state index contributed by atoms with van der Waals surface area (Å²) < 4.78 is 32.2. The molecule has 0 aliphatic carbocycles. The van der Waals surface area contributed by atoms with Gasteiger partial charge < -0.3 is 10.1 Å². The summed E-state index contributed by atoms with van der Waals surface area (Å²) in [6.45, 7) is 0.246. The molecular weight excluding hydrogens is 428 g/mol. The molecule has 8 heteroatoms. The summed E-state index contributed by atoms with van der Waals surface area (Å²) in [7, 11) is -2.17. The van der Waals surface area contributed by atoms with E-state index in [1.165, 1.54) is 35.6 Å². The highest BCUT2D eigenvalue weighted by Crippen LogP contribution is 2.23. The Hall–Kier alpha value is -3.49. The van der Waals surface area contributed by atoms with E-state index in [4.69, 9.17) is 4.74 Å². The number of benzene rings is 3. The number of fused-ring (bicyclic) bond motifs is 1. The van der Waals surface area contributed by atoms with E-state index in [-0.39, 0.29) is 17.9 Å². The average Bonchev–Trinajstić information content (AvgIpc) is 2.80. The van der Waals surface area contributed by atoms with Gasteiger partial charge in [-0.15, -0.1) is 0 Å². The van der Waals surface area contributed by atoms with Crippen LogP contribution >= 0.6 is 0 Å². The summed E-state index contributed by atoms with van der Waals surface area (Å²) in [6.07, 6.45) is -0.664. The number of amides is 1. The van der Waals surface area contributed by atoms with Gasteiger partial charge in [-0.05, 0) is 41.5 Å². The molecule has 0 spiro atoms. The number of esters is 1. The number of rotatable bonds is 6. The Labute approximate surface area is 186 Å². The second kappa shape index (κ2) is 8.94. The number of anilines is 1. The fourth-order valence-corrected chi connectivity index (χ4v) is 4.68. The molecule has 7 nitrogen and oxygen atoms in total. The predicted molar refractivity (Wildman–Crippen MR) is 120 cm³/mol. The molecule has 3 aromatic rings. The Kier molecular flexibility index (Phi) is 6.07. The molecule has 0 aromatic heterocycles. The molecule has 0 saturated heterocycles. The highest BCUT2D eigenvalue weighted by Gasteiger charge is 2.31. The van der Waals surface area contributed by atoms with Gasteiger partial charge in [0.25, 0.3) is 5.91 Å². The Morgan fingerprint density at radius 2 is 1.66 bits per heavy atom. The molecule has 1 aliphatic heterocycles. The number of nitrogens with one attached hydrogen (secondary N) is 1. The normalized spacial score (nSPS) is 15.7. The van der Waals surface area contributed by atoms with Gasteiger partial charge in [-0.3, -0.25) is 4.79 Å². The van der Waals surface area contributed by atoms with E-state index < -0.39 is 28.0 Å². The first-order chi connectivity index (χ1) is 15.3. The second-order valence-electron chi connectivity index (χ2n) is 7.52. The summed E-state index contributed by atoms with van der Waals surface area (Å²) in [5.74, 6) is -1.00. The van der Waals surface area contributed by atoms with Crippen molar-refractivity contribution in [2.75, 3.05) is 12.4 Å². The lowest BCUT2D eigenvalue weighted by Crippen LogP contribution is -2.37. The zero-order chi connectivity index (χ0) is 22.7. The summed E-state index contributed by atoms with van der Waals surface area (Å²) in [6, 6.07) is 22.2. The van der Waals surface area contributed by atoms with Crippen LogP contribution in [0, 0.1) is 0 Å². The van der Waals surface area contributed by atoms with Gasteiger partial charge in [-0.25, -0.2) is 13.2 Å². The monoisotopic (exact) mass is 450 g/mol. The van der Waals surface area contributed by atoms with Crippen molar-refractivity contribution in [2.24, 2.45) is 0 Å². The van der Waals surface area contributed by atoms with Gasteiger partial charge in [0.2, 0.25) is 10.0 Å². The van der Waals surface area contributed by atoms with Crippen LogP contribution in [0.1, 0.15) is 21.5 Å². The molecular formula is C24H22N2O5S. The van der Waals surface area contributed by atoms with Crippen LogP contribution in [-0.2, 0) is 32.5 Å². The molecule has 32 heavy (non-hydrogen) atoms. The molecule has 1 amide bonds. The van der Waals surface area contributed by atoms with E-state index in [9.17, 15) is 18.0 Å². The Morgan fingerprint density at radius 3 is 2.38 bits per heavy atom. The summed E-state index contributed by atoms with van der Waals surface area (Å²) in [5, 5.41) is 2.69. The third-order valence-electron chi connectivity index (χ3n) is 5.26. The standard InChI is InChI=1S/C24H22N2O5S/c1-26(16-17-7-3-2-4-8-17)32(29,30)20-13-11-19(12-14-20)25-23(27)22-15-18-9-5-6-10-21(18)24(28)31-22/h2-14,22H,15-16H2,1H3,(H,25,27). The molecule has 164 valence electrons. The van der Waals surface area contributed by atoms with Gasteiger partial charge >= 0.3 is 5.97 Å². The summed E-state index contributed by atoms with van der Waals surface area (Å²) >= 11 is 0. The highest BCUT2D eigenvalue weighted by molar-refractivity contribution is 7.89. The molecule has 0 bridgehead atoms. The van der Waals surface area contributed by atoms with Crippen LogP contribution in [0.25, 0.3) is 0 Å². The lowest BCUT2D eigenvalue weighted by molar-refractivity contribution is -0.125. The predicted octanol–water partition coefficient (Wildman–Crippen LogP) is 3.23. The second-order valence-corrected chi connectivity index (χ2v) is 9.56. The molecule has 0 radical (unpaired) electrons. The first kappa shape index (κ1) is 21.7. The number of cyclic esters (lactones) is 1. The number of carbonyl (C=O) groups excluding carboxylic acids is 2. The van der Waals surface area contributed by atoms with Crippen molar-refractivity contribution >= 4 is 27.6 Å². The first-order valence-electron chi connectivity index (χ1n) is 10.0. The van der Waals surface area contributed by atoms with Crippen molar-refractivity contribution in [3.63, 3.8) is 0 Å². The van der Waals surface area contributed by atoms with Crippen LogP contribution in [0.2, 0.25) is 0 Å². The topological polar surface area (TPSA) is 92.8 Å². The van der Waals surface area contributed by atoms with Gasteiger partial charge in [-0.1, -0.05) is 48.5 Å². The maximum Gasteiger partial charge on any atom is 0.339 e. The molecule has 1 heterocycles. The van der Waals surface area contributed by atoms with Gasteiger partial charge in [0.05, 0.1) is 10.5 Å². The number of carbonyl (C=O) groups is 2. The average molecular weight is 451 g/mol. The SMILES string of the molecule is CN(Cc1ccccc1)S(=O)(=O)c1ccc(NC(=O)C2Cc3ccccc3C(=O)O2)cc1. The minimum absolute atomic E-state index is 0.118. The number of sulfonamides is 1. The quantitative estimate of drug-likeness (QED) is 0.582. The fraction of sp³-hybridized carbons (Fsp3) is 0.167. The smallest absolute Gasteiger partial charge is 0.339 e. The lowest BCUT2D eigenvalue weighted by Gasteiger charge is -2.23. The Bertz CT molecular complexity index is 1240. The highest BCUT2D eigenvalue weighted by atomic mass is 32.2. The van der Waals surface area contributed by atoms with Crippen molar-refractivity contribution in [2.45, 2.75) is 24.0 Å². The molecule has 1 atom stereocenters. The molecule has 1 aliphatic rings. The first-order valence-corrected chi connectivity index (χ1v) is 11.5. The fourth-order valence-electron chi connectivity index (χ4n) is 3.52. The van der Waals surface area contributed by atoms with Crippen molar-refractivity contribution in [3.05, 3.63) is 95.6 Å². The van der Waals surface area contributed by atoms with Gasteiger partial charge in [-0.2, -0.15) is 4.31 Å². The molecule has 4 rings (SSSR count). The maximum atomic E-state index is 12.9. The molecule has 3 aromatic carbocycles. The third-order valence-corrected chi connectivity index (χ3v) is 7.08. The van der Waals surface area contributed by atoms with Crippen LogP contribution in [0.15, 0.2) is 83.8 Å². The summed E-state index contributed by atoms with van der Waals surface area (Å²) in [4.78, 5) is 24.8. The lowest BCUT2D eigenvalue weighted by atomic mass is 9.98. The van der Waals surface area contributed by atoms with Crippen LogP contribution in [0.3, 0.4) is 0 Å². The van der Waals surface area contributed by atoms with Gasteiger partial charge in [0, 0.05) is 25.7 Å². The Balaban J connectivity index is 1.42. The number of hydrogen-bond donors (Lipinski definition) is 1. The molecule has 1 N–H and O–H groups in total. The van der Waals surface area contributed by atoms with E-state index >= 15 is 0 Å². The number of hydrogen-bond acceptors (Lipinski definition) is 5. The number of nitrogens with zero attached hydrogens (tertiary/aromatic N) is 1. The van der Waals surface area contributed by atoms with Crippen LogP contribution in [-0.4, -0.2) is 37.8 Å². The van der Waals surface area contributed by atoms with Crippen LogP contribution < -0.4 is 5.32 Å². The van der Waals surface area contributed by atoms with Crippen LogP contribution in [0.5, 0.6) is 0 Å². The van der Waals surface area contributed by atoms with E-state index in [0.29, 0.717) is 11.3 Å². The van der Waals surface area contributed by atoms with E-state index in [1.807, 2.05) is 30.3 Å². The largest absolute Gasteiger partial charge is 0.448 e. The van der Waals surface area contributed by atoms with E-state index in [0.717, 1.165) is 11.1 Å². The van der Waals surface area contributed by atoms with Crippen molar-refractivity contribution in [1.29, 1.82) is 0 Å². The van der Waals surface area contributed by atoms with Crippen molar-refractivity contribution in [1.82, 2.24) is 4.31 Å². The minimum Gasteiger partial charge on any atom is -0.448 e. The Morgan fingerprint density at radius 1 is 1.00 bits per heavy atom. The van der Waals surface area contributed by atoms with Crippen LogP contribution in [0.4, 0.5) is 5.69 Å². The zero-order valence-electron chi connectivity index (χ0n) is 17.4. The molecule has 1 unspecified atom stereocenters. The molecule has 0 fully saturated rings. The molecule has 0 saturated carbocycles. The van der Waals surface area contributed by atoms with E-state index in [1.54, 1.807) is 24.3 Å². The van der Waals surface area contributed by atoms with Crippen molar-refractivity contribution in [3.8, 4) is 0 Å². The van der Waals surface area contributed by atoms with Gasteiger partial charge in [0.15, 0.2) is 6.10 Å². The summed E-state index contributed by atoms with van der Waals surface area (Å²) in [5.41, 5.74) is 2.51. The van der Waals surface area contributed by atoms with E-state index in [2.05, 4.69) is 5.32 Å². The third kappa shape index (κ3) is 4.56.